The van der Waals surface area contributed by atoms with Crippen LogP contribution in [0.15, 0.2) is 35.3 Å². The van der Waals surface area contributed by atoms with Crippen LogP contribution in [0.25, 0.3) is 0 Å². The third kappa shape index (κ3) is 5.19. The van der Waals surface area contributed by atoms with Crippen LogP contribution in [-0.2, 0) is 11.3 Å². The number of benzene rings is 1. The van der Waals surface area contributed by atoms with Crippen molar-refractivity contribution in [2.24, 2.45) is 10.9 Å². The van der Waals surface area contributed by atoms with Gasteiger partial charge in [0.2, 0.25) is 0 Å². The zero-order chi connectivity index (χ0) is 17.5. The van der Waals surface area contributed by atoms with E-state index in [4.69, 9.17) is 9.73 Å². The van der Waals surface area contributed by atoms with E-state index >= 15 is 0 Å². The van der Waals surface area contributed by atoms with Crippen molar-refractivity contribution >= 4 is 5.96 Å². The zero-order valence-electron chi connectivity index (χ0n) is 15.3. The average molecular weight is 345 g/mol. The molecule has 2 fully saturated rings. The molecule has 1 saturated heterocycles. The molecule has 138 valence electrons. The predicted octanol–water partition coefficient (Wildman–Crippen LogP) is 2.41. The Morgan fingerprint density at radius 3 is 2.84 bits per heavy atom. The van der Waals surface area contributed by atoms with Crippen LogP contribution in [0.5, 0.6) is 0 Å². The summed E-state index contributed by atoms with van der Waals surface area (Å²) < 4.78 is 5.91. The van der Waals surface area contributed by atoms with Gasteiger partial charge in [-0.1, -0.05) is 30.3 Å². The average Bonchev–Trinajstić information content (AvgIpc) is 3.06. The number of nitrogens with zero attached hydrogens (tertiary/aromatic N) is 2. The van der Waals surface area contributed by atoms with Crippen LogP contribution in [0.2, 0.25) is 0 Å². The minimum absolute atomic E-state index is 0.515. The molecule has 5 heteroatoms. The molecule has 0 aromatic heterocycles. The van der Waals surface area contributed by atoms with E-state index in [1.54, 1.807) is 0 Å². The van der Waals surface area contributed by atoms with Gasteiger partial charge in [-0.3, -0.25) is 4.99 Å². The summed E-state index contributed by atoms with van der Waals surface area (Å²) >= 11 is 0. The fourth-order valence-electron chi connectivity index (χ4n) is 3.47. The lowest BCUT2D eigenvalue weighted by molar-refractivity contribution is -0.0237. The third-order valence-corrected chi connectivity index (χ3v) is 5.19. The summed E-state index contributed by atoms with van der Waals surface area (Å²) in [5.41, 5.74) is 0.666. The number of nitrogens with one attached hydrogen (secondary N) is 1. The highest BCUT2D eigenvalue weighted by atomic mass is 16.5. The predicted molar refractivity (Wildman–Crippen MR) is 101 cm³/mol. The molecule has 1 aromatic rings. The molecule has 25 heavy (non-hydrogen) atoms. The summed E-state index contributed by atoms with van der Waals surface area (Å²) in [6.07, 6.45) is 4.01. The van der Waals surface area contributed by atoms with Crippen LogP contribution < -0.4 is 5.32 Å². The molecule has 1 aliphatic heterocycles. The molecule has 1 aliphatic carbocycles. The molecule has 0 radical (unpaired) electrons. The van der Waals surface area contributed by atoms with Crippen molar-refractivity contribution in [3.05, 3.63) is 35.9 Å². The minimum atomic E-state index is -0.557. The lowest BCUT2D eigenvalue weighted by Crippen LogP contribution is -2.44. The van der Waals surface area contributed by atoms with Crippen molar-refractivity contribution in [1.29, 1.82) is 0 Å². The van der Waals surface area contributed by atoms with E-state index in [2.05, 4.69) is 29.3 Å². The van der Waals surface area contributed by atoms with Gasteiger partial charge in [-0.05, 0) is 38.2 Å². The SMILES string of the molecule is CCNC(=NCC1(O)CCC1)N1CCC(COCc2ccccc2)C1. The first-order chi connectivity index (χ1) is 12.2. The summed E-state index contributed by atoms with van der Waals surface area (Å²) in [5.74, 6) is 1.48. The Kier molecular flexibility index (Phi) is 6.32. The minimum Gasteiger partial charge on any atom is -0.388 e. The Hall–Kier alpha value is -1.59. The Morgan fingerprint density at radius 2 is 2.16 bits per heavy atom. The smallest absolute Gasteiger partial charge is 0.194 e. The fourth-order valence-corrected chi connectivity index (χ4v) is 3.47. The van der Waals surface area contributed by atoms with Crippen molar-refractivity contribution in [3.63, 3.8) is 0 Å². The van der Waals surface area contributed by atoms with Gasteiger partial charge in [0, 0.05) is 25.6 Å². The van der Waals surface area contributed by atoms with Gasteiger partial charge in [0.15, 0.2) is 5.96 Å². The number of aliphatic imine (C=N–C) groups is 1. The molecule has 2 aliphatic rings. The molecule has 1 unspecified atom stereocenters. The molecule has 1 saturated carbocycles. The third-order valence-electron chi connectivity index (χ3n) is 5.19. The van der Waals surface area contributed by atoms with E-state index in [0.717, 1.165) is 57.9 Å². The Labute approximate surface area is 151 Å². The normalized spacial score (nSPS) is 22.7. The summed E-state index contributed by atoms with van der Waals surface area (Å²) in [6.45, 7) is 6.89. The summed E-state index contributed by atoms with van der Waals surface area (Å²) in [6, 6.07) is 10.3. The van der Waals surface area contributed by atoms with Crippen molar-refractivity contribution in [2.75, 3.05) is 32.8 Å². The van der Waals surface area contributed by atoms with Crippen LogP contribution in [0.4, 0.5) is 0 Å². The van der Waals surface area contributed by atoms with Crippen molar-refractivity contribution in [2.45, 2.75) is 44.8 Å². The quantitative estimate of drug-likeness (QED) is 0.589. The Balaban J connectivity index is 1.45. The van der Waals surface area contributed by atoms with Gasteiger partial charge < -0.3 is 20.1 Å². The number of rotatable bonds is 7. The summed E-state index contributed by atoms with van der Waals surface area (Å²) in [5, 5.41) is 13.6. The maximum Gasteiger partial charge on any atom is 0.194 e. The van der Waals surface area contributed by atoms with Gasteiger partial charge >= 0.3 is 0 Å². The molecule has 1 heterocycles. The Morgan fingerprint density at radius 1 is 1.36 bits per heavy atom. The van der Waals surface area contributed by atoms with Gasteiger partial charge in [0.05, 0.1) is 25.4 Å². The van der Waals surface area contributed by atoms with Crippen LogP contribution in [0.3, 0.4) is 0 Å². The number of guanidine groups is 1. The molecule has 1 atom stereocenters. The number of ether oxygens (including phenoxy) is 1. The van der Waals surface area contributed by atoms with Gasteiger partial charge in [0.1, 0.15) is 0 Å². The van der Waals surface area contributed by atoms with Crippen LogP contribution in [0, 0.1) is 5.92 Å². The maximum absolute atomic E-state index is 10.3. The summed E-state index contributed by atoms with van der Waals surface area (Å²) in [4.78, 5) is 7.00. The summed E-state index contributed by atoms with van der Waals surface area (Å²) in [7, 11) is 0. The van der Waals surface area contributed by atoms with E-state index < -0.39 is 5.60 Å². The largest absolute Gasteiger partial charge is 0.388 e. The van der Waals surface area contributed by atoms with Crippen LogP contribution in [-0.4, -0.2) is 54.4 Å². The highest BCUT2D eigenvalue weighted by Crippen LogP contribution is 2.31. The van der Waals surface area contributed by atoms with E-state index in [-0.39, 0.29) is 0 Å². The van der Waals surface area contributed by atoms with Gasteiger partial charge in [-0.2, -0.15) is 0 Å². The van der Waals surface area contributed by atoms with Crippen LogP contribution >= 0.6 is 0 Å². The molecule has 1 aromatic carbocycles. The lowest BCUT2D eigenvalue weighted by atomic mass is 9.80. The fraction of sp³-hybridized carbons (Fsp3) is 0.650. The highest BCUT2D eigenvalue weighted by molar-refractivity contribution is 5.80. The van der Waals surface area contributed by atoms with E-state index in [1.165, 1.54) is 5.56 Å². The first kappa shape index (κ1) is 18.2. The monoisotopic (exact) mass is 345 g/mol. The molecule has 2 N–H and O–H groups in total. The Bertz CT molecular complexity index is 557. The molecular weight excluding hydrogens is 314 g/mol. The van der Waals surface area contributed by atoms with Crippen molar-refractivity contribution in [3.8, 4) is 0 Å². The number of hydrogen-bond acceptors (Lipinski definition) is 3. The first-order valence-corrected chi connectivity index (χ1v) is 9.56. The molecule has 5 nitrogen and oxygen atoms in total. The first-order valence-electron chi connectivity index (χ1n) is 9.56. The van der Waals surface area contributed by atoms with Crippen molar-refractivity contribution < 1.29 is 9.84 Å². The molecule has 0 amide bonds. The van der Waals surface area contributed by atoms with Crippen molar-refractivity contribution in [1.82, 2.24) is 10.2 Å². The lowest BCUT2D eigenvalue weighted by Gasteiger charge is -2.35. The number of aliphatic hydroxyl groups is 1. The molecular formula is C20H31N3O2. The second-order valence-electron chi connectivity index (χ2n) is 7.35. The molecule has 3 rings (SSSR count). The molecule has 0 spiro atoms. The zero-order valence-corrected chi connectivity index (χ0v) is 15.3. The van der Waals surface area contributed by atoms with Gasteiger partial charge in [0.25, 0.3) is 0 Å². The van der Waals surface area contributed by atoms with Gasteiger partial charge in [-0.25, -0.2) is 0 Å². The van der Waals surface area contributed by atoms with Gasteiger partial charge in [-0.15, -0.1) is 0 Å². The topological polar surface area (TPSA) is 57.1 Å². The standard InChI is InChI=1S/C20H31N3O2/c1-2-21-19(22-16-20(24)10-6-11-20)23-12-9-18(13-23)15-25-14-17-7-4-3-5-8-17/h3-5,7-8,18,24H,2,6,9-16H2,1H3,(H,21,22). The number of hydrogen-bond donors (Lipinski definition) is 2. The van der Waals surface area contributed by atoms with E-state index in [0.29, 0.717) is 19.1 Å². The second kappa shape index (κ2) is 8.68. The van der Waals surface area contributed by atoms with E-state index in [9.17, 15) is 5.11 Å². The number of likely N-dealkylation sites (tertiary alicyclic amines) is 1. The highest BCUT2D eigenvalue weighted by Gasteiger charge is 2.34. The van der Waals surface area contributed by atoms with Crippen LogP contribution in [0.1, 0.15) is 38.2 Å². The second-order valence-corrected chi connectivity index (χ2v) is 7.35. The molecule has 0 bridgehead atoms. The maximum atomic E-state index is 10.3. The van der Waals surface area contributed by atoms with E-state index in [1.807, 2.05) is 18.2 Å².